The summed E-state index contributed by atoms with van der Waals surface area (Å²) < 4.78 is 32.9. The number of carbonyl (C=O) groups is 1. The third kappa shape index (κ3) is 5.43. The molecule has 150 valence electrons. The fraction of sp³-hybridized carbons (Fsp3) is 0.286. The number of ether oxygens (including phenoxy) is 1. The molecule has 0 saturated heterocycles. The van der Waals surface area contributed by atoms with Gasteiger partial charge in [-0.15, -0.1) is 0 Å². The van der Waals surface area contributed by atoms with Crippen molar-refractivity contribution in [2.45, 2.75) is 32.6 Å². The van der Waals surface area contributed by atoms with Crippen LogP contribution in [-0.4, -0.2) is 31.7 Å². The van der Waals surface area contributed by atoms with Gasteiger partial charge < -0.3 is 10.1 Å². The lowest BCUT2D eigenvalue weighted by Gasteiger charge is -2.20. The van der Waals surface area contributed by atoms with Gasteiger partial charge >= 0.3 is 0 Å². The largest absolute Gasteiger partial charge is 0.455 e. The average molecular weight is 403 g/mol. The molecule has 0 spiro atoms. The number of hydrogen-bond acceptors (Lipinski definition) is 4. The van der Waals surface area contributed by atoms with Gasteiger partial charge in [0, 0.05) is 19.2 Å². The third-order valence-electron chi connectivity index (χ3n) is 3.94. The maximum Gasteiger partial charge on any atom is 0.248 e. The van der Waals surface area contributed by atoms with Gasteiger partial charge in [-0.3, -0.25) is 4.79 Å². The van der Waals surface area contributed by atoms with Gasteiger partial charge in [-0.25, -0.2) is 8.42 Å². The number of amides is 1. The molecule has 0 aromatic heterocycles. The summed E-state index contributed by atoms with van der Waals surface area (Å²) in [7, 11) is -3.66. The number of carbonyl (C=O) groups excluding carboxylic acids is 1. The van der Waals surface area contributed by atoms with Crippen molar-refractivity contribution in [1.82, 2.24) is 4.31 Å². The molecule has 0 unspecified atom stereocenters. The van der Waals surface area contributed by atoms with Crippen LogP contribution < -0.4 is 10.1 Å². The molecular formula is C21H26N2O4S. The van der Waals surface area contributed by atoms with Gasteiger partial charge in [0.15, 0.2) is 5.75 Å². The summed E-state index contributed by atoms with van der Waals surface area (Å²) in [6.45, 7) is 7.91. The van der Waals surface area contributed by atoms with Crippen molar-refractivity contribution in [2.75, 3.05) is 18.4 Å². The molecule has 0 fully saturated rings. The van der Waals surface area contributed by atoms with Crippen molar-refractivity contribution in [3.63, 3.8) is 0 Å². The Bertz CT molecular complexity index is 946. The van der Waals surface area contributed by atoms with Crippen LogP contribution in [0.3, 0.4) is 0 Å². The molecule has 0 aliphatic carbocycles. The molecule has 0 heterocycles. The van der Waals surface area contributed by atoms with Crippen LogP contribution in [0.25, 0.3) is 0 Å². The zero-order chi connectivity index (χ0) is 20.7. The molecule has 0 aliphatic heterocycles. The SMILES string of the molecule is CCN(CC)S(=O)(=O)c1ccc(Oc2ccccc2)c(NC(=O)C=C(C)C)c1. The molecule has 0 radical (unpaired) electrons. The Morgan fingerprint density at radius 2 is 1.71 bits per heavy atom. The molecule has 7 heteroatoms. The van der Waals surface area contributed by atoms with E-state index in [2.05, 4.69) is 5.32 Å². The van der Waals surface area contributed by atoms with Crippen LogP contribution in [0.1, 0.15) is 27.7 Å². The van der Waals surface area contributed by atoms with Crippen LogP contribution in [0.5, 0.6) is 11.5 Å². The highest BCUT2D eigenvalue weighted by Crippen LogP contribution is 2.32. The van der Waals surface area contributed by atoms with E-state index in [1.165, 1.54) is 22.5 Å². The van der Waals surface area contributed by atoms with Gasteiger partial charge in [-0.05, 0) is 44.2 Å². The fourth-order valence-electron chi connectivity index (χ4n) is 2.62. The number of hydrogen-bond donors (Lipinski definition) is 1. The van der Waals surface area contributed by atoms with Gasteiger partial charge in [0.25, 0.3) is 0 Å². The van der Waals surface area contributed by atoms with E-state index in [0.717, 1.165) is 5.57 Å². The van der Waals surface area contributed by atoms with E-state index in [1.807, 2.05) is 32.0 Å². The Hall–Kier alpha value is -2.64. The average Bonchev–Trinajstić information content (AvgIpc) is 2.64. The molecule has 2 aromatic carbocycles. The number of anilines is 1. The van der Waals surface area contributed by atoms with Gasteiger partial charge in [0.1, 0.15) is 5.75 Å². The van der Waals surface area contributed by atoms with Crippen LogP contribution in [0.2, 0.25) is 0 Å². The van der Waals surface area contributed by atoms with Crippen LogP contribution in [0.15, 0.2) is 65.1 Å². The molecule has 1 N–H and O–H groups in total. The minimum absolute atomic E-state index is 0.101. The zero-order valence-electron chi connectivity index (χ0n) is 16.6. The summed E-state index contributed by atoms with van der Waals surface area (Å²) in [5.74, 6) is 0.593. The number of nitrogens with zero attached hydrogens (tertiary/aromatic N) is 1. The Labute approximate surface area is 166 Å². The van der Waals surface area contributed by atoms with E-state index in [-0.39, 0.29) is 10.8 Å². The summed E-state index contributed by atoms with van der Waals surface area (Å²) in [6.07, 6.45) is 1.44. The molecular weight excluding hydrogens is 376 g/mol. The second-order valence-corrected chi connectivity index (χ2v) is 8.31. The molecule has 0 aliphatic rings. The van der Waals surface area contributed by atoms with Crippen molar-refractivity contribution in [3.05, 3.63) is 60.2 Å². The van der Waals surface area contributed by atoms with Crippen LogP contribution >= 0.6 is 0 Å². The lowest BCUT2D eigenvalue weighted by atomic mass is 10.2. The van der Waals surface area contributed by atoms with Crippen molar-refractivity contribution in [1.29, 1.82) is 0 Å². The second-order valence-electron chi connectivity index (χ2n) is 6.37. The predicted octanol–water partition coefficient (Wildman–Crippen LogP) is 4.41. The molecule has 6 nitrogen and oxygen atoms in total. The summed E-state index contributed by atoms with van der Waals surface area (Å²) in [5, 5.41) is 2.73. The summed E-state index contributed by atoms with van der Waals surface area (Å²) in [4.78, 5) is 12.3. The molecule has 0 saturated carbocycles. The van der Waals surface area contributed by atoms with Crippen molar-refractivity contribution in [2.24, 2.45) is 0 Å². The van der Waals surface area contributed by atoms with Crippen LogP contribution in [0, 0.1) is 0 Å². The molecule has 2 aromatic rings. The fourth-order valence-corrected chi connectivity index (χ4v) is 4.10. The van der Waals surface area contributed by atoms with E-state index in [9.17, 15) is 13.2 Å². The van der Waals surface area contributed by atoms with E-state index in [4.69, 9.17) is 4.74 Å². The molecule has 1 amide bonds. The van der Waals surface area contributed by atoms with Gasteiger partial charge in [0.2, 0.25) is 15.9 Å². The highest BCUT2D eigenvalue weighted by atomic mass is 32.2. The maximum atomic E-state index is 12.8. The van der Waals surface area contributed by atoms with E-state index >= 15 is 0 Å². The highest BCUT2D eigenvalue weighted by Gasteiger charge is 2.23. The first-order valence-electron chi connectivity index (χ1n) is 9.11. The Kier molecular flexibility index (Phi) is 7.37. The Balaban J connectivity index is 2.48. The van der Waals surface area contributed by atoms with Crippen LogP contribution in [0.4, 0.5) is 5.69 Å². The van der Waals surface area contributed by atoms with Crippen LogP contribution in [-0.2, 0) is 14.8 Å². The Morgan fingerprint density at radius 3 is 2.29 bits per heavy atom. The van der Waals surface area contributed by atoms with E-state index in [1.54, 1.807) is 32.0 Å². The summed E-state index contributed by atoms with van der Waals surface area (Å²) >= 11 is 0. The molecule has 2 rings (SSSR count). The predicted molar refractivity (Wildman–Crippen MR) is 111 cm³/mol. The minimum Gasteiger partial charge on any atom is -0.455 e. The number of benzene rings is 2. The number of allylic oxidation sites excluding steroid dienone is 1. The first-order chi connectivity index (χ1) is 13.3. The third-order valence-corrected chi connectivity index (χ3v) is 5.99. The lowest BCUT2D eigenvalue weighted by Crippen LogP contribution is -2.30. The van der Waals surface area contributed by atoms with Crippen molar-refractivity contribution in [3.8, 4) is 11.5 Å². The minimum atomic E-state index is -3.66. The summed E-state index contributed by atoms with van der Waals surface area (Å²) in [6, 6.07) is 13.6. The monoisotopic (exact) mass is 402 g/mol. The number of para-hydroxylation sites is 1. The molecule has 28 heavy (non-hydrogen) atoms. The standard InChI is InChI=1S/C21H26N2O4S/c1-5-23(6-2)28(25,26)18-12-13-20(27-17-10-8-7-9-11-17)19(15-18)22-21(24)14-16(3)4/h7-15H,5-6H2,1-4H3,(H,22,24). The number of rotatable bonds is 8. The highest BCUT2D eigenvalue weighted by molar-refractivity contribution is 7.89. The van der Waals surface area contributed by atoms with Crippen molar-refractivity contribution < 1.29 is 17.9 Å². The van der Waals surface area contributed by atoms with Gasteiger partial charge in [-0.2, -0.15) is 4.31 Å². The lowest BCUT2D eigenvalue weighted by molar-refractivity contribution is -0.112. The quantitative estimate of drug-likeness (QED) is 0.664. The molecule has 0 atom stereocenters. The normalized spacial score (nSPS) is 11.2. The van der Waals surface area contributed by atoms with E-state index in [0.29, 0.717) is 30.3 Å². The van der Waals surface area contributed by atoms with Crippen molar-refractivity contribution >= 4 is 21.6 Å². The number of sulfonamides is 1. The smallest absolute Gasteiger partial charge is 0.248 e. The number of nitrogens with one attached hydrogen (secondary N) is 1. The van der Waals surface area contributed by atoms with Gasteiger partial charge in [-0.1, -0.05) is 37.6 Å². The summed E-state index contributed by atoms with van der Waals surface area (Å²) in [5.41, 5.74) is 1.12. The Morgan fingerprint density at radius 1 is 1.07 bits per heavy atom. The van der Waals surface area contributed by atoms with Gasteiger partial charge in [0.05, 0.1) is 10.6 Å². The topological polar surface area (TPSA) is 75.7 Å². The zero-order valence-corrected chi connectivity index (χ0v) is 17.4. The molecule has 0 bridgehead atoms. The maximum absolute atomic E-state index is 12.8. The van der Waals surface area contributed by atoms with E-state index < -0.39 is 10.0 Å². The first kappa shape index (κ1) is 21.7. The second kappa shape index (κ2) is 9.52. The first-order valence-corrected chi connectivity index (χ1v) is 10.5.